The summed E-state index contributed by atoms with van der Waals surface area (Å²) in [6.45, 7) is 5.56. The van der Waals surface area contributed by atoms with E-state index in [4.69, 9.17) is 105 Å². The fourth-order valence-electron chi connectivity index (χ4n) is 13.3. The number of benzene rings is 4. The van der Waals surface area contributed by atoms with E-state index in [0.29, 0.717) is 15.1 Å². The summed E-state index contributed by atoms with van der Waals surface area (Å²) < 4.78 is 144. The van der Waals surface area contributed by atoms with Crippen LogP contribution in [0.5, 0.6) is 0 Å². The minimum absolute atomic E-state index is 0.0209. The molecule has 4 aromatic carbocycles. The summed E-state index contributed by atoms with van der Waals surface area (Å²) in [6.07, 6.45) is -21.3. The average Bonchev–Trinajstić information content (AvgIpc) is 1.62. The zero-order valence-electron chi connectivity index (χ0n) is 79.8. The number of carbonyl (C=O) groups is 4. The van der Waals surface area contributed by atoms with Crippen molar-refractivity contribution in [3.05, 3.63) is 182 Å². The molecule has 4 amide bonds. The molecule has 790 valence electrons. The van der Waals surface area contributed by atoms with Crippen LogP contribution in [-0.4, -0.2) is 274 Å². The molecule has 4 fully saturated rings. The van der Waals surface area contributed by atoms with Crippen molar-refractivity contribution in [2.75, 3.05) is 61.8 Å². The van der Waals surface area contributed by atoms with Crippen molar-refractivity contribution < 1.29 is 112 Å². The van der Waals surface area contributed by atoms with E-state index in [0.717, 1.165) is 36.5 Å². The van der Waals surface area contributed by atoms with Gasteiger partial charge in [0, 0.05) is 44.0 Å². The van der Waals surface area contributed by atoms with E-state index in [-0.39, 0.29) is 107 Å². The quantitative estimate of drug-likeness (QED) is 0.00356. The summed E-state index contributed by atoms with van der Waals surface area (Å²) in [4.78, 5) is 129. The molecule has 149 heavy (non-hydrogen) atoms. The largest absolute Gasteiger partial charge is 0.385 e. The lowest BCUT2D eigenvalue weighted by atomic mass is 10.1. The maximum absolute atomic E-state index is 16.6. The molecule has 0 saturated carbocycles. The molecule has 0 spiro atoms. The monoisotopic (exact) mass is 2220 g/mol. The number of aromatic amines is 2. The first-order valence-electron chi connectivity index (χ1n) is 44.4. The topological polar surface area (TPSA) is 690 Å². The van der Waals surface area contributed by atoms with Gasteiger partial charge in [-0.2, -0.15) is 49.5 Å². The summed E-state index contributed by atoms with van der Waals surface area (Å²) >= 11 is 10.5. The number of nitrogens with zero attached hydrogens (tertiary/aromatic N) is 24. The van der Waals surface area contributed by atoms with Gasteiger partial charge in [-0.25, -0.2) is 51.6 Å². The number of rotatable bonds is 32. The maximum atomic E-state index is 16.6. The molecule has 0 aliphatic carbocycles. The molecule has 4 saturated heterocycles. The highest BCUT2D eigenvalue weighted by Gasteiger charge is 2.54. The number of hydrogen-bond acceptors (Lipinski definition) is 43. The molecule has 9 aromatic heterocycles. The number of amides is 4. The number of carbonyl (C=O) groups excluding carboxylic acids is 4. The van der Waals surface area contributed by atoms with E-state index in [9.17, 15) is 39.0 Å². The van der Waals surface area contributed by atoms with Gasteiger partial charge in [0.05, 0.1) is 76.0 Å². The average molecular weight is 2220 g/mol. The number of ether oxygens (including phenoxy) is 4. The number of alkyl halides is 4. The van der Waals surface area contributed by atoms with Gasteiger partial charge >= 0.3 is 32.7 Å². The third-order valence-electron chi connectivity index (χ3n) is 20.3. The van der Waals surface area contributed by atoms with Crippen molar-refractivity contribution in [1.29, 1.82) is 15.8 Å². The first-order chi connectivity index (χ1) is 71.7. The molecule has 13 heterocycles. The van der Waals surface area contributed by atoms with Crippen molar-refractivity contribution in [3.8, 4) is 18.2 Å². The molecule has 0 bridgehead atoms. The normalized spacial score (nSPS) is 21.5. The van der Waals surface area contributed by atoms with Gasteiger partial charge in [-0.1, -0.05) is 172 Å². The number of hydrogen-bond donors (Lipinski definition) is 10. The molecule has 13 aromatic rings. The Morgan fingerprint density at radius 1 is 0.557 bits per heavy atom. The summed E-state index contributed by atoms with van der Waals surface area (Å²) in [7, 11) is 2.62. The van der Waals surface area contributed by atoms with Gasteiger partial charge in [0.1, 0.15) is 49.3 Å². The number of aliphatic hydroxyl groups excluding tert-OH is 2. The van der Waals surface area contributed by atoms with Crippen LogP contribution in [0.1, 0.15) is 120 Å². The van der Waals surface area contributed by atoms with Crippen molar-refractivity contribution in [2.45, 2.75) is 173 Å². The Balaban J connectivity index is 0.000000234. The van der Waals surface area contributed by atoms with Crippen LogP contribution in [0, 0.1) is 49.8 Å². The lowest BCUT2D eigenvalue weighted by Gasteiger charge is -2.28. The summed E-state index contributed by atoms with van der Waals surface area (Å²) in [5.74, 6) is -3.13. The lowest BCUT2D eigenvalue weighted by Crippen LogP contribution is -2.33. The van der Waals surface area contributed by atoms with Crippen LogP contribution in [0.4, 0.5) is 46.2 Å². The van der Waals surface area contributed by atoms with Gasteiger partial charge in [-0.3, -0.25) is 53.9 Å². The molecule has 18 atom stereocenters. The number of nitrogens with one attached hydrogen (secondary N) is 6. The summed E-state index contributed by atoms with van der Waals surface area (Å²) in [5.41, 5.74) is -1.57. The minimum Gasteiger partial charge on any atom is -0.385 e. The van der Waals surface area contributed by atoms with E-state index in [1.807, 2.05) is 104 Å². The Bertz CT molecular complexity index is 6880. The van der Waals surface area contributed by atoms with Crippen LogP contribution >= 0.6 is 65.6 Å². The number of aromatic nitrogens is 21. The van der Waals surface area contributed by atoms with Gasteiger partial charge in [0.15, 0.2) is 110 Å². The molecule has 10 N–H and O–H groups in total. The van der Waals surface area contributed by atoms with Crippen LogP contribution < -0.4 is 32.4 Å². The van der Waals surface area contributed by atoms with E-state index >= 15 is 17.6 Å². The zero-order chi connectivity index (χ0) is 108. The van der Waals surface area contributed by atoms with Crippen LogP contribution in [0.15, 0.2) is 161 Å². The Morgan fingerprint density at radius 2 is 0.940 bits per heavy atom. The van der Waals surface area contributed by atoms with Crippen LogP contribution in [0.3, 0.4) is 0 Å². The molecule has 2 unspecified atom stereocenters. The maximum Gasteiger partial charge on any atom is 0.333 e. The standard InChI is InChI=1S/C33H36F2N13O9PS.C33H36F2N13O9P.2C6H6.C5H7N3S3.C2H3N.2HO2P/c1-4-17-24(20(35)31(55-17)47-26-21(43-45-47)25(37-14-38-26)39-29(51)16-9-6-5-7-10-16)57-58(59,53-12-8-11-36)54-13-18-19(34)23(49)32(56-18)48-27-22(44-46-48)30(52)42-33(40-27)41-28(50)15(2)3;1-4-17-24(20(35)31(55-17)47-26-21(43-45-47)25(37-14-38-26)39-29(51)16-9-6-5-7-10-16)57-58(53-12-8-11-36)54-13-18-19(34)23(49)32(56-18)48-27-22(44-46-48)30(52)42-33(40-27)41-28(50)15(2)3;2*1-2-4-6-5-3-1;1-8(2)3-6-4-7-5(9)11-10-4;1-2-3;2*1-3-2/h5-7,9-10,14-15,17-20,23-24,31-32,49H,4,8,12-13H2,1-3H3,(H,37,38,39,51)(H2,40,41,42,50,52);5-7,9-10,14-15,17-20,23-24,31-32,49H,4,8,12-13H2,1-3H3,(H,37,38,39,51)(H2,40,41,42,50,52);2*1-6H;3H,1-2H3;1H3;2*(H,1,2)/t2*17-,18-,19-,20+,23+,24-,31-,32-,58?;;;;;;/m11....../s1. The highest BCUT2D eigenvalue weighted by Crippen LogP contribution is 2.56. The van der Waals surface area contributed by atoms with Crippen molar-refractivity contribution in [1.82, 2.24) is 110 Å². The highest BCUT2D eigenvalue weighted by molar-refractivity contribution is 8.07. The third kappa shape index (κ3) is 32.2. The van der Waals surface area contributed by atoms with Crippen LogP contribution in [0.2, 0.25) is 0 Å². The molecule has 17 rings (SSSR count). The van der Waals surface area contributed by atoms with Gasteiger partial charge in [0.2, 0.25) is 28.8 Å². The van der Waals surface area contributed by atoms with Crippen molar-refractivity contribution >= 4 is 181 Å². The first-order valence-corrected chi connectivity index (χ1v) is 52.1. The number of fused-ring (bicyclic) bond motifs is 4. The molecule has 52 nitrogen and oxygen atoms in total. The van der Waals surface area contributed by atoms with Gasteiger partial charge in [-0.05, 0) is 81.8 Å². The molecular weight excluding hydrogens is 2120 g/mol. The Labute approximate surface area is 864 Å². The fraction of sp³-hybridized carbons (Fsp3) is 0.412. The van der Waals surface area contributed by atoms with Crippen molar-refractivity contribution in [2.24, 2.45) is 16.8 Å². The summed E-state index contributed by atoms with van der Waals surface area (Å²) in [5, 5.41) is 89.8. The first kappa shape index (κ1) is 118. The Morgan fingerprint density at radius 3 is 1.34 bits per heavy atom. The highest BCUT2D eigenvalue weighted by atomic mass is 32.9. The molecule has 4 aliphatic heterocycles. The second kappa shape index (κ2) is 58.7. The van der Waals surface area contributed by atoms with Crippen LogP contribution in [-0.2, 0) is 76.6 Å². The van der Waals surface area contributed by atoms with Crippen molar-refractivity contribution in [3.63, 3.8) is 0 Å². The lowest BCUT2D eigenvalue weighted by molar-refractivity contribution is -0.119. The Hall–Kier alpha value is -13.1. The minimum atomic E-state index is -4.06. The predicted molar refractivity (Wildman–Crippen MR) is 533 cm³/mol. The van der Waals surface area contributed by atoms with E-state index in [1.165, 1.54) is 27.6 Å². The van der Waals surface area contributed by atoms with Gasteiger partial charge in [0.25, 0.3) is 22.9 Å². The van der Waals surface area contributed by atoms with Gasteiger partial charge < -0.3 is 77.1 Å². The number of aliphatic imine (C=N–C) groups is 1. The van der Waals surface area contributed by atoms with E-state index < -0.39 is 191 Å². The predicted octanol–water partition coefficient (Wildman–Crippen LogP) is 11.2. The number of halogens is 4. The number of aliphatic hydroxyl groups is 2. The second-order valence-corrected chi connectivity index (χ2v) is 38.7. The van der Waals surface area contributed by atoms with Gasteiger partial charge in [-0.15, -0.1) is 20.4 Å². The second-order valence-electron chi connectivity index (χ2n) is 31.5. The summed E-state index contributed by atoms with van der Waals surface area (Å²) in [6, 6.07) is 46.3. The van der Waals surface area contributed by atoms with E-state index in [2.05, 4.69) is 112 Å². The Kier molecular flexibility index (Phi) is 46.4. The molecule has 0 radical (unpaired) electrons. The zero-order valence-corrected chi connectivity index (χ0v) is 86.6. The smallest absolute Gasteiger partial charge is 0.333 e. The molecular formula is C85H96F4N30O22P4S4. The number of anilines is 4. The van der Waals surface area contributed by atoms with E-state index in [1.54, 1.807) is 115 Å². The SMILES string of the molecule is CC#N.CC[C@H]1O[C@@H](n2nnc3c(NC(=O)c4ccccc4)ncnc32)[C@@H](F)[C@@H]1OP(=S)(OCCC#N)OC[C@H]1O[C@@H](n2nnc3c(=O)[nH]c(NC(=O)C(C)C)nc32)[C@@H](O)[C@@H]1F.CC[C@H]1O[C@@H](n2nnc3c(NC(=O)c4ccccc4)ncnc32)[C@@H](F)[C@@H]1OP(OCCC#N)OC[C@H]1O[C@@H](n2nnc3c(=O)[nH]c(NC(=O)C(C)C)nc32)[C@@H](O)[C@@H]1F.CN(C)C=Nc1nc(=S)ss1.O=PO.O=PO.c1ccccc1.c1ccccc1. The van der Waals surface area contributed by atoms with Crippen LogP contribution in [0.25, 0.3) is 44.7 Å². The fourth-order valence-corrected chi connectivity index (χ4v) is 18.4. The number of H-pyrrole nitrogens is 2. The molecule has 64 heteroatoms. The third-order valence-corrected chi connectivity index (χ3v) is 26.3. The molecule has 4 aliphatic rings. The number of nitriles is 3.